The van der Waals surface area contributed by atoms with Crippen molar-refractivity contribution in [2.24, 2.45) is 17.6 Å². The molecule has 1 aliphatic rings. The Bertz CT molecular complexity index is 151. The van der Waals surface area contributed by atoms with E-state index in [2.05, 4.69) is 13.8 Å². The van der Waals surface area contributed by atoms with Crippen molar-refractivity contribution in [1.29, 1.82) is 0 Å². The first kappa shape index (κ1) is 13.0. The highest BCUT2D eigenvalue weighted by atomic mass is 14.6. The van der Waals surface area contributed by atoms with Crippen molar-refractivity contribution >= 4 is 0 Å². The van der Waals surface area contributed by atoms with E-state index in [1.807, 2.05) is 0 Å². The van der Waals surface area contributed by atoms with Crippen molar-refractivity contribution in [3.8, 4) is 0 Å². The van der Waals surface area contributed by atoms with Crippen LogP contribution in [0.5, 0.6) is 0 Å². The van der Waals surface area contributed by atoms with Gasteiger partial charge in [0.2, 0.25) is 0 Å². The number of nitrogens with two attached hydrogens (primary N) is 1. The monoisotopic (exact) mass is 211 g/mol. The zero-order valence-corrected chi connectivity index (χ0v) is 10.7. The van der Waals surface area contributed by atoms with Crippen LogP contribution in [0.2, 0.25) is 0 Å². The molecule has 90 valence electrons. The second-order valence-electron chi connectivity index (χ2n) is 5.50. The van der Waals surface area contributed by atoms with E-state index in [4.69, 9.17) is 5.73 Å². The van der Waals surface area contributed by atoms with Crippen LogP contribution in [0.1, 0.15) is 71.6 Å². The molecule has 2 N–H and O–H groups in total. The molecule has 0 aromatic rings. The fourth-order valence-corrected chi connectivity index (χ4v) is 2.91. The minimum Gasteiger partial charge on any atom is -0.328 e. The van der Waals surface area contributed by atoms with Crippen LogP contribution in [0, 0.1) is 11.8 Å². The lowest BCUT2D eigenvalue weighted by molar-refractivity contribution is 0.256. The normalized spacial score (nSPS) is 30.6. The molecule has 15 heavy (non-hydrogen) atoms. The summed E-state index contributed by atoms with van der Waals surface area (Å²) in [6, 6.07) is 0.409. The third-order valence-electron chi connectivity index (χ3n) is 4.03. The van der Waals surface area contributed by atoms with E-state index in [1.165, 1.54) is 57.8 Å². The average molecular weight is 211 g/mol. The zero-order valence-electron chi connectivity index (χ0n) is 10.7. The van der Waals surface area contributed by atoms with Crippen molar-refractivity contribution in [3.05, 3.63) is 0 Å². The summed E-state index contributed by atoms with van der Waals surface area (Å²) < 4.78 is 0. The molecule has 0 heterocycles. The molecule has 1 aliphatic carbocycles. The average Bonchev–Trinajstić information content (AvgIpc) is 2.15. The fourth-order valence-electron chi connectivity index (χ4n) is 2.91. The lowest BCUT2D eigenvalue weighted by Gasteiger charge is -2.28. The van der Waals surface area contributed by atoms with E-state index in [9.17, 15) is 0 Å². The predicted octanol–water partition coefficient (Wildman–Crippen LogP) is 4.11. The van der Waals surface area contributed by atoms with Gasteiger partial charge in [-0.2, -0.15) is 0 Å². The Morgan fingerprint density at radius 1 is 1.20 bits per heavy atom. The van der Waals surface area contributed by atoms with Gasteiger partial charge in [-0.1, -0.05) is 51.9 Å². The summed E-state index contributed by atoms with van der Waals surface area (Å²) in [4.78, 5) is 0. The quantitative estimate of drug-likeness (QED) is 0.744. The van der Waals surface area contributed by atoms with Crippen LogP contribution in [0.15, 0.2) is 0 Å². The third kappa shape index (κ3) is 5.01. The van der Waals surface area contributed by atoms with Gasteiger partial charge in [0.1, 0.15) is 0 Å². The van der Waals surface area contributed by atoms with Gasteiger partial charge < -0.3 is 5.73 Å². The number of hydrogen-bond donors (Lipinski definition) is 1. The molecular formula is C14H29N. The highest BCUT2D eigenvalue weighted by Gasteiger charge is 2.21. The van der Waals surface area contributed by atoms with Gasteiger partial charge in [-0.3, -0.25) is 0 Å². The molecule has 1 heteroatoms. The molecule has 0 aromatic heterocycles. The topological polar surface area (TPSA) is 26.0 Å². The smallest absolute Gasteiger partial charge is 0.00388 e. The van der Waals surface area contributed by atoms with Crippen LogP contribution in [-0.4, -0.2) is 6.04 Å². The highest BCUT2D eigenvalue weighted by molar-refractivity contribution is 4.75. The van der Waals surface area contributed by atoms with Crippen molar-refractivity contribution < 1.29 is 0 Å². The molecule has 0 amide bonds. The summed E-state index contributed by atoms with van der Waals surface area (Å²) in [6.07, 6.45) is 12.7. The standard InChI is InChI=1S/C14H29N/c1-3-4-8-13-9-6-5-7-10-14(11-13)12(2)15/h12-14H,3-11,15H2,1-2H3. The lowest BCUT2D eigenvalue weighted by atomic mass is 9.79. The molecule has 0 radical (unpaired) electrons. The molecule has 1 saturated carbocycles. The Morgan fingerprint density at radius 2 is 1.93 bits per heavy atom. The number of rotatable bonds is 4. The Kier molecular flexibility index (Phi) is 6.31. The summed E-state index contributed by atoms with van der Waals surface area (Å²) in [5, 5.41) is 0. The molecular weight excluding hydrogens is 182 g/mol. The van der Waals surface area contributed by atoms with Gasteiger partial charge in [0, 0.05) is 6.04 Å². The van der Waals surface area contributed by atoms with Gasteiger partial charge in [-0.25, -0.2) is 0 Å². The molecule has 0 saturated heterocycles. The molecule has 3 unspecified atom stereocenters. The lowest BCUT2D eigenvalue weighted by Crippen LogP contribution is -2.29. The van der Waals surface area contributed by atoms with Crippen LogP contribution >= 0.6 is 0 Å². The number of unbranched alkanes of at least 4 members (excludes halogenated alkanes) is 1. The fraction of sp³-hybridized carbons (Fsp3) is 1.00. The summed E-state index contributed by atoms with van der Waals surface area (Å²) in [6.45, 7) is 4.50. The van der Waals surface area contributed by atoms with Gasteiger partial charge in [-0.05, 0) is 31.6 Å². The van der Waals surface area contributed by atoms with E-state index in [0.29, 0.717) is 6.04 Å². The molecule has 0 spiro atoms. The molecule has 0 aliphatic heterocycles. The first-order valence-electron chi connectivity index (χ1n) is 6.99. The molecule has 3 atom stereocenters. The summed E-state index contributed by atoms with van der Waals surface area (Å²) in [7, 11) is 0. The largest absolute Gasteiger partial charge is 0.328 e. The van der Waals surface area contributed by atoms with Crippen LogP contribution in [0.25, 0.3) is 0 Å². The third-order valence-corrected chi connectivity index (χ3v) is 4.03. The van der Waals surface area contributed by atoms with Gasteiger partial charge in [0.25, 0.3) is 0 Å². The number of hydrogen-bond acceptors (Lipinski definition) is 1. The molecule has 1 rings (SSSR count). The molecule has 0 bridgehead atoms. The maximum atomic E-state index is 6.08. The maximum absolute atomic E-state index is 6.08. The second kappa shape index (κ2) is 7.27. The summed E-state index contributed by atoms with van der Waals surface area (Å²) in [5.74, 6) is 1.77. The van der Waals surface area contributed by atoms with Crippen LogP contribution in [0.3, 0.4) is 0 Å². The Morgan fingerprint density at radius 3 is 2.60 bits per heavy atom. The minimum atomic E-state index is 0.409. The molecule has 1 fully saturated rings. The Hall–Kier alpha value is -0.0400. The summed E-state index contributed by atoms with van der Waals surface area (Å²) >= 11 is 0. The van der Waals surface area contributed by atoms with E-state index in [1.54, 1.807) is 0 Å². The minimum absolute atomic E-state index is 0.409. The highest BCUT2D eigenvalue weighted by Crippen LogP contribution is 2.31. The Labute approximate surface area is 95.8 Å². The van der Waals surface area contributed by atoms with Crippen molar-refractivity contribution in [2.75, 3.05) is 0 Å². The SMILES string of the molecule is CCCCC1CCCCCC(C(C)N)C1. The Balaban J connectivity index is 2.38. The van der Waals surface area contributed by atoms with Gasteiger partial charge in [0.15, 0.2) is 0 Å². The van der Waals surface area contributed by atoms with Crippen molar-refractivity contribution in [3.63, 3.8) is 0 Å². The summed E-state index contributed by atoms with van der Waals surface area (Å²) in [5.41, 5.74) is 6.08. The second-order valence-corrected chi connectivity index (χ2v) is 5.50. The van der Waals surface area contributed by atoms with Gasteiger partial charge >= 0.3 is 0 Å². The zero-order chi connectivity index (χ0) is 11.1. The van der Waals surface area contributed by atoms with E-state index in [0.717, 1.165) is 11.8 Å². The van der Waals surface area contributed by atoms with E-state index in [-0.39, 0.29) is 0 Å². The molecule has 0 aromatic carbocycles. The molecule has 1 nitrogen and oxygen atoms in total. The van der Waals surface area contributed by atoms with Crippen molar-refractivity contribution in [2.45, 2.75) is 77.7 Å². The first-order valence-corrected chi connectivity index (χ1v) is 6.99. The van der Waals surface area contributed by atoms with Crippen LogP contribution in [0.4, 0.5) is 0 Å². The predicted molar refractivity (Wildman–Crippen MR) is 67.9 cm³/mol. The van der Waals surface area contributed by atoms with E-state index < -0.39 is 0 Å². The van der Waals surface area contributed by atoms with Gasteiger partial charge in [-0.15, -0.1) is 0 Å². The van der Waals surface area contributed by atoms with Crippen LogP contribution < -0.4 is 5.73 Å². The first-order chi connectivity index (χ1) is 7.24. The maximum Gasteiger partial charge on any atom is 0.00388 e. The van der Waals surface area contributed by atoms with Crippen molar-refractivity contribution in [1.82, 2.24) is 0 Å². The van der Waals surface area contributed by atoms with E-state index >= 15 is 0 Å². The van der Waals surface area contributed by atoms with Gasteiger partial charge in [0.05, 0.1) is 0 Å². The van der Waals surface area contributed by atoms with Crippen LogP contribution in [-0.2, 0) is 0 Å².